The van der Waals surface area contributed by atoms with Crippen LogP contribution in [0, 0.1) is 0 Å². The molecule has 0 aliphatic rings. The molecular weight excluding hydrogens is 230 g/mol. The maximum Gasteiger partial charge on any atom is 0.320 e. The van der Waals surface area contributed by atoms with Crippen molar-refractivity contribution in [2.45, 2.75) is 32.2 Å². The Balaban J connectivity index is 2.37. The number of carbonyl (C=O) groups is 1. The van der Waals surface area contributed by atoms with Gasteiger partial charge in [-0.1, -0.05) is 25.5 Å². The van der Waals surface area contributed by atoms with Crippen molar-refractivity contribution >= 4 is 5.97 Å². The topological polar surface area (TPSA) is 58.6 Å². The molecule has 100 valence electrons. The summed E-state index contributed by atoms with van der Waals surface area (Å²) >= 11 is 0. The summed E-state index contributed by atoms with van der Waals surface area (Å²) in [6.07, 6.45) is 2.65. The van der Waals surface area contributed by atoms with Crippen molar-refractivity contribution in [3.8, 4) is 5.75 Å². The molecule has 4 nitrogen and oxygen atoms in total. The lowest BCUT2D eigenvalue weighted by atomic mass is 10.1. The van der Waals surface area contributed by atoms with Crippen molar-refractivity contribution < 1.29 is 14.6 Å². The fourth-order valence-corrected chi connectivity index (χ4v) is 1.73. The van der Waals surface area contributed by atoms with E-state index in [9.17, 15) is 4.79 Å². The maximum atomic E-state index is 10.8. The highest BCUT2D eigenvalue weighted by Gasteiger charge is 2.14. The van der Waals surface area contributed by atoms with Gasteiger partial charge in [0.1, 0.15) is 11.8 Å². The Morgan fingerprint density at radius 1 is 1.39 bits per heavy atom. The van der Waals surface area contributed by atoms with Crippen molar-refractivity contribution in [2.75, 3.05) is 13.7 Å². The quantitative estimate of drug-likeness (QED) is 0.742. The van der Waals surface area contributed by atoms with Crippen LogP contribution in [0.1, 0.15) is 25.3 Å². The number of hydrogen-bond acceptors (Lipinski definition) is 3. The molecule has 0 heterocycles. The first-order chi connectivity index (χ1) is 8.67. The lowest BCUT2D eigenvalue weighted by Crippen LogP contribution is -2.35. The van der Waals surface area contributed by atoms with Crippen molar-refractivity contribution in [3.05, 3.63) is 29.8 Å². The van der Waals surface area contributed by atoms with Crippen LogP contribution in [0.3, 0.4) is 0 Å². The molecule has 0 bridgehead atoms. The summed E-state index contributed by atoms with van der Waals surface area (Å²) in [5.41, 5.74) is 1.29. The Kier molecular flexibility index (Phi) is 6.22. The number of aryl methyl sites for hydroxylation is 1. The van der Waals surface area contributed by atoms with Crippen LogP contribution >= 0.6 is 0 Å². The molecule has 0 aliphatic carbocycles. The minimum atomic E-state index is -0.848. The zero-order chi connectivity index (χ0) is 13.4. The summed E-state index contributed by atoms with van der Waals surface area (Å²) in [6, 6.07) is 7.40. The normalized spacial score (nSPS) is 12.1. The molecule has 1 rings (SSSR count). The maximum absolute atomic E-state index is 10.8. The van der Waals surface area contributed by atoms with E-state index in [0.29, 0.717) is 13.0 Å². The number of benzene rings is 1. The van der Waals surface area contributed by atoms with Crippen LogP contribution in [-0.4, -0.2) is 30.8 Å². The Hall–Kier alpha value is -1.55. The minimum absolute atomic E-state index is 0.394. The number of carboxylic acids is 1. The summed E-state index contributed by atoms with van der Waals surface area (Å²) < 4.78 is 5.52. The smallest absolute Gasteiger partial charge is 0.320 e. The number of ether oxygens (including phenoxy) is 1. The molecule has 2 N–H and O–H groups in total. The number of aliphatic carboxylic acids is 1. The van der Waals surface area contributed by atoms with E-state index >= 15 is 0 Å². The van der Waals surface area contributed by atoms with Gasteiger partial charge in [-0.15, -0.1) is 0 Å². The number of carboxylic acid groups (broad SMARTS) is 1. The van der Waals surface area contributed by atoms with E-state index < -0.39 is 12.0 Å². The molecule has 1 aromatic rings. The molecule has 0 aliphatic heterocycles. The van der Waals surface area contributed by atoms with Gasteiger partial charge in [0.15, 0.2) is 0 Å². The second-order valence-corrected chi connectivity index (χ2v) is 4.21. The van der Waals surface area contributed by atoms with Crippen LogP contribution < -0.4 is 10.1 Å². The van der Waals surface area contributed by atoms with Gasteiger partial charge in [-0.3, -0.25) is 4.79 Å². The van der Waals surface area contributed by atoms with Gasteiger partial charge in [-0.2, -0.15) is 0 Å². The van der Waals surface area contributed by atoms with Gasteiger partial charge in [0, 0.05) is 6.42 Å². The van der Waals surface area contributed by atoms with Gasteiger partial charge in [0.2, 0.25) is 0 Å². The summed E-state index contributed by atoms with van der Waals surface area (Å²) in [5.74, 6) is -0.0607. The average molecular weight is 251 g/mol. The monoisotopic (exact) mass is 251 g/mol. The molecule has 18 heavy (non-hydrogen) atoms. The molecule has 0 fully saturated rings. The van der Waals surface area contributed by atoms with E-state index in [2.05, 4.69) is 12.2 Å². The van der Waals surface area contributed by atoms with E-state index in [1.165, 1.54) is 5.56 Å². The van der Waals surface area contributed by atoms with Gasteiger partial charge >= 0.3 is 5.97 Å². The van der Waals surface area contributed by atoms with Crippen molar-refractivity contribution in [3.63, 3.8) is 0 Å². The molecular formula is C14H21NO3. The summed E-state index contributed by atoms with van der Waals surface area (Å²) in [7, 11) is 1.64. The van der Waals surface area contributed by atoms with Gasteiger partial charge in [-0.05, 0) is 31.2 Å². The largest absolute Gasteiger partial charge is 0.494 e. The third-order valence-electron chi connectivity index (χ3n) is 2.78. The van der Waals surface area contributed by atoms with E-state index in [0.717, 1.165) is 18.6 Å². The molecule has 4 heteroatoms. The van der Waals surface area contributed by atoms with Crippen LogP contribution in [0.2, 0.25) is 0 Å². The minimum Gasteiger partial charge on any atom is -0.494 e. The second-order valence-electron chi connectivity index (χ2n) is 4.21. The molecule has 0 spiro atoms. The van der Waals surface area contributed by atoms with E-state index in [1.807, 2.05) is 24.3 Å². The lowest BCUT2D eigenvalue weighted by Gasteiger charge is -2.12. The lowest BCUT2D eigenvalue weighted by molar-refractivity contribution is -0.139. The first-order valence-corrected chi connectivity index (χ1v) is 6.29. The molecule has 1 atom stereocenters. The highest BCUT2D eigenvalue weighted by Crippen LogP contribution is 2.13. The first-order valence-electron chi connectivity index (χ1n) is 6.29. The van der Waals surface area contributed by atoms with Gasteiger partial charge in [-0.25, -0.2) is 0 Å². The van der Waals surface area contributed by atoms with Crippen molar-refractivity contribution in [1.29, 1.82) is 0 Å². The van der Waals surface area contributed by atoms with Gasteiger partial charge < -0.3 is 15.2 Å². The molecule has 1 unspecified atom stereocenters. The van der Waals surface area contributed by atoms with E-state index in [4.69, 9.17) is 9.84 Å². The summed E-state index contributed by atoms with van der Waals surface area (Å²) in [4.78, 5) is 10.8. The Labute approximate surface area is 108 Å². The van der Waals surface area contributed by atoms with Crippen molar-refractivity contribution in [2.24, 2.45) is 0 Å². The number of likely N-dealkylation sites (N-methyl/N-ethyl adjacent to an activating group) is 1. The number of rotatable bonds is 8. The molecule has 0 aromatic heterocycles. The molecule has 0 radical (unpaired) electrons. The number of hydrogen-bond donors (Lipinski definition) is 2. The van der Waals surface area contributed by atoms with Crippen molar-refractivity contribution in [1.82, 2.24) is 5.32 Å². The van der Waals surface area contributed by atoms with Crippen LogP contribution in [0.25, 0.3) is 0 Å². The Bertz CT molecular complexity index is 362. The fraction of sp³-hybridized carbons (Fsp3) is 0.500. The highest BCUT2D eigenvalue weighted by molar-refractivity contribution is 5.73. The SMILES string of the molecule is CCCc1ccc(OCCC(NC)C(=O)O)cc1. The van der Waals surface area contributed by atoms with Crippen LogP contribution in [-0.2, 0) is 11.2 Å². The molecule has 0 saturated carbocycles. The Morgan fingerprint density at radius 3 is 2.56 bits per heavy atom. The van der Waals surface area contributed by atoms with Gasteiger partial charge in [0.25, 0.3) is 0 Å². The van der Waals surface area contributed by atoms with Crippen LogP contribution in [0.15, 0.2) is 24.3 Å². The highest BCUT2D eigenvalue weighted by atomic mass is 16.5. The van der Waals surface area contributed by atoms with Gasteiger partial charge in [0.05, 0.1) is 6.61 Å². The zero-order valence-electron chi connectivity index (χ0n) is 11.0. The third-order valence-corrected chi connectivity index (χ3v) is 2.78. The molecule has 1 aromatic carbocycles. The fourth-order valence-electron chi connectivity index (χ4n) is 1.73. The number of nitrogens with one attached hydrogen (secondary N) is 1. The van der Waals surface area contributed by atoms with Crippen LogP contribution in [0.4, 0.5) is 0 Å². The predicted octanol–water partition coefficient (Wildman–Crippen LogP) is 2.08. The Morgan fingerprint density at radius 2 is 2.06 bits per heavy atom. The predicted molar refractivity (Wildman–Crippen MR) is 71.0 cm³/mol. The molecule has 0 amide bonds. The average Bonchev–Trinajstić information content (AvgIpc) is 2.36. The zero-order valence-corrected chi connectivity index (χ0v) is 11.0. The van der Waals surface area contributed by atoms with E-state index in [1.54, 1.807) is 7.05 Å². The summed E-state index contributed by atoms with van der Waals surface area (Å²) in [5, 5.41) is 11.6. The van der Waals surface area contributed by atoms with Crippen LogP contribution in [0.5, 0.6) is 5.75 Å². The summed E-state index contributed by atoms with van der Waals surface area (Å²) in [6.45, 7) is 2.54. The second kappa shape index (κ2) is 7.71. The van der Waals surface area contributed by atoms with E-state index in [-0.39, 0.29) is 0 Å². The third kappa shape index (κ3) is 4.75. The first kappa shape index (κ1) is 14.5. The molecule has 0 saturated heterocycles. The standard InChI is InChI=1S/C14H21NO3/c1-3-4-11-5-7-12(8-6-11)18-10-9-13(15-2)14(16)17/h5-8,13,15H,3-4,9-10H2,1-2H3,(H,16,17).